The predicted octanol–water partition coefficient (Wildman–Crippen LogP) is 4.36. The van der Waals surface area contributed by atoms with E-state index in [-0.39, 0.29) is 5.75 Å². The summed E-state index contributed by atoms with van der Waals surface area (Å²) in [5.74, 6) is 0.638. The van der Waals surface area contributed by atoms with Crippen molar-refractivity contribution in [3.63, 3.8) is 0 Å². The number of aryl methyl sites for hydroxylation is 2. The molecule has 0 saturated carbocycles. The fourth-order valence-corrected chi connectivity index (χ4v) is 3.22. The molecule has 0 saturated heterocycles. The molecule has 0 radical (unpaired) electrons. The summed E-state index contributed by atoms with van der Waals surface area (Å²) in [6, 6.07) is 6.43. The SMILES string of the molecule is Cc1sc2ncnc(NN=Cc3ccccc3OC(F)F)c2c1C. The standard InChI is InChI=1S/C16H14F2N4OS/c1-9-10(2)24-15-13(9)14(19-8-20-15)22-21-7-11-5-3-4-6-12(11)23-16(17)18/h3-8,16H,1-2H3,(H,19,20,22). The van der Waals surface area contributed by atoms with Crippen molar-refractivity contribution in [2.24, 2.45) is 5.10 Å². The van der Waals surface area contributed by atoms with Crippen LogP contribution in [-0.2, 0) is 0 Å². The number of aromatic nitrogens is 2. The normalized spacial score (nSPS) is 11.5. The smallest absolute Gasteiger partial charge is 0.387 e. The van der Waals surface area contributed by atoms with Gasteiger partial charge in [-0.05, 0) is 31.5 Å². The van der Waals surface area contributed by atoms with E-state index >= 15 is 0 Å². The lowest BCUT2D eigenvalue weighted by Gasteiger charge is -2.07. The Bertz CT molecular complexity index is 895. The summed E-state index contributed by atoms with van der Waals surface area (Å²) < 4.78 is 29.3. The van der Waals surface area contributed by atoms with E-state index in [1.807, 2.05) is 13.8 Å². The third-order valence-corrected chi connectivity index (χ3v) is 4.59. The first-order chi connectivity index (χ1) is 11.6. The molecule has 1 aromatic carbocycles. The molecule has 0 aliphatic carbocycles. The molecule has 5 nitrogen and oxygen atoms in total. The minimum Gasteiger partial charge on any atom is -0.434 e. The molecule has 2 aromatic heterocycles. The molecular formula is C16H14F2N4OS. The Labute approximate surface area is 141 Å². The number of hydrogen-bond donors (Lipinski definition) is 1. The second kappa shape index (κ2) is 6.88. The van der Waals surface area contributed by atoms with Gasteiger partial charge in [0.2, 0.25) is 0 Å². The predicted molar refractivity (Wildman–Crippen MR) is 91.2 cm³/mol. The van der Waals surface area contributed by atoms with E-state index in [0.29, 0.717) is 11.4 Å². The third-order valence-electron chi connectivity index (χ3n) is 3.47. The van der Waals surface area contributed by atoms with Gasteiger partial charge in [-0.25, -0.2) is 9.97 Å². The molecule has 124 valence electrons. The van der Waals surface area contributed by atoms with Gasteiger partial charge in [-0.15, -0.1) is 11.3 Å². The average Bonchev–Trinajstić information content (AvgIpc) is 2.84. The number of alkyl halides is 2. The molecule has 0 amide bonds. The molecule has 1 N–H and O–H groups in total. The first kappa shape index (κ1) is 16.3. The van der Waals surface area contributed by atoms with Gasteiger partial charge in [0.25, 0.3) is 0 Å². The van der Waals surface area contributed by atoms with E-state index in [2.05, 4.69) is 25.2 Å². The number of halogens is 2. The molecular weight excluding hydrogens is 334 g/mol. The van der Waals surface area contributed by atoms with E-state index in [9.17, 15) is 8.78 Å². The lowest BCUT2D eigenvalue weighted by molar-refractivity contribution is -0.0499. The van der Waals surface area contributed by atoms with E-state index in [0.717, 1.165) is 20.7 Å². The maximum atomic E-state index is 12.4. The number of nitrogens with one attached hydrogen (secondary N) is 1. The molecule has 8 heteroatoms. The van der Waals surface area contributed by atoms with Gasteiger partial charge >= 0.3 is 6.61 Å². The number of ether oxygens (including phenoxy) is 1. The summed E-state index contributed by atoms with van der Waals surface area (Å²) in [6.45, 7) is 1.13. The zero-order chi connectivity index (χ0) is 17.1. The van der Waals surface area contributed by atoms with Crippen LogP contribution in [0, 0.1) is 13.8 Å². The van der Waals surface area contributed by atoms with Crippen molar-refractivity contribution in [2.45, 2.75) is 20.5 Å². The summed E-state index contributed by atoms with van der Waals surface area (Å²) in [6.07, 6.45) is 2.88. The molecule has 0 unspecified atom stereocenters. The number of thiophene rings is 1. The van der Waals surface area contributed by atoms with Crippen LogP contribution in [0.3, 0.4) is 0 Å². The number of nitrogens with zero attached hydrogens (tertiary/aromatic N) is 3. The fourth-order valence-electron chi connectivity index (χ4n) is 2.22. The van der Waals surface area contributed by atoms with Gasteiger partial charge in [-0.2, -0.15) is 13.9 Å². The molecule has 3 aromatic rings. The number of fused-ring (bicyclic) bond motifs is 1. The molecule has 0 aliphatic rings. The Morgan fingerprint density at radius 2 is 2.04 bits per heavy atom. The first-order valence-corrected chi connectivity index (χ1v) is 7.91. The molecule has 0 fully saturated rings. The monoisotopic (exact) mass is 348 g/mol. The van der Waals surface area contributed by atoms with Gasteiger partial charge in [-0.3, -0.25) is 5.43 Å². The van der Waals surface area contributed by atoms with Crippen molar-refractivity contribution >= 4 is 33.6 Å². The highest BCUT2D eigenvalue weighted by Crippen LogP contribution is 2.32. The van der Waals surface area contributed by atoms with Gasteiger partial charge < -0.3 is 4.74 Å². The summed E-state index contributed by atoms with van der Waals surface area (Å²) in [4.78, 5) is 10.5. The first-order valence-electron chi connectivity index (χ1n) is 7.10. The molecule has 3 rings (SSSR count). The van der Waals surface area contributed by atoms with E-state index in [1.54, 1.807) is 29.5 Å². The zero-order valence-corrected chi connectivity index (χ0v) is 13.8. The van der Waals surface area contributed by atoms with Crippen LogP contribution in [0.15, 0.2) is 35.7 Å². The summed E-state index contributed by atoms with van der Waals surface area (Å²) in [5.41, 5.74) is 4.38. The van der Waals surface area contributed by atoms with Gasteiger partial charge in [0, 0.05) is 10.4 Å². The van der Waals surface area contributed by atoms with Crippen LogP contribution >= 0.6 is 11.3 Å². The molecule has 0 atom stereocenters. The van der Waals surface area contributed by atoms with Crippen LogP contribution < -0.4 is 10.2 Å². The minimum absolute atomic E-state index is 0.0634. The third kappa shape index (κ3) is 3.33. The van der Waals surface area contributed by atoms with Crippen LogP contribution in [0.2, 0.25) is 0 Å². The summed E-state index contributed by atoms with van der Waals surface area (Å²) in [7, 11) is 0. The Balaban J connectivity index is 1.85. The number of para-hydroxylation sites is 1. The minimum atomic E-state index is -2.88. The lowest BCUT2D eigenvalue weighted by Crippen LogP contribution is -2.04. The highest BCUT2D eigenvalue weighted by Gasteiger charge is 2.11. The second-order valence-electron chi connectivity index (χ2n) is 4.97. The van der Waals surface area contributed by atoms with Crippen LogP contribution in [0.25, 0.3) is 10.2 Å². The molecule has 24 heavy (non-hydrogen) atoms. The van der Waals surface area contributed by atoms with E-state index < -0.39 is 6.61 Å². The van der Waals surface area contributed by atoms with E-state index in [4.69, 9.17) is 0 Å². The maximum Gasteiger partial charge on any atom is 0.387 e. The van der Waals surface area contributed by atoms with Crippen LogP contribution in [0.5, 0.6) is 5.75 Å². The maximum absolute atomic E-state index is 12.4. The highest BCUT2D eigenvalue weighted by molar-refractivity contribution is 7.18. The molecule has 0 bridgehead atoms. The number of rotatable bonds is 5. The highest BCUT2D eigenvalue weighted by atomic mass is 32.1. The van der Waals surface area contributed by atoms with Crippen LogP contribution in [0.4, 0.5) is 14.6 Å². The van der Waals surface area contributed by atoms with Gasteiger partial charge in [0.1, 0.15) is 16.9 Å². The number of hydrazone groups is 1. The average molecular weight is 348 g/mol. The Morgan fingerprint density at radius 1 is 1.25 bits per heavy atom. The van der Waals surface area contributed by atoms with Crippen LogP contribution in [0.1, 0.15) is 16.0 Å². The van der Waals surface area contributed by atoms with E-state index in [1.165, 1.54) is 18.6 Å². The number of anilines is 1. The van der Waals surface area contributed by atoms with Gasteiger partial charge in [0.05, 0.1) is 11.6 Å². The van der Waals surface area contributed by atoms with Crippen LogP contribution in [-0.4, -0.2) is 22.8 Å². The summed E-state index contributed by atoms with van der Waals surface area (Å²) >= 11 is 1.59. The van der Waals surface area contributed by atoms with Gasteiger partial charge in [0.15, 0.2) is 5.82 Å². The Hall–Kier alpha value is -2.61. The molecule has 2 heterocycles. The van der Waals surface area contributed by atoms with Gasteiger partial charge in [-0.1, -0.05) is 12.1 Å². The zero-order valence-electron chi connectivity index (χ0n) is 13.0. The quantitative estimate of drug-likeness (QED) is 0.550. The van der Waals surface area contributed by atoms with Crippen molar-refractivity contribution in [3.8, 4) is 5.75 Å². The second-order valence-corrected chi connectivity index (χ2v) is 6.18. The molecule has 0 spiro atoms. The van der Waals surface area contributed by atoms with Crippen molar-refractivity contribution < 1.29 is 13.5 Å². The Kier molecular flexibility index (Phi) is 4.66. The van der Waals surface area contributed by atoms with Crippen molar-refractivity contribution in [1.29, 1.82) is 0 Å². The van der Waals surface area contributed by atoms with Crippen molar-refractivity contribution in [2.75, 3.05) is 5.43 Å². The Morgan fingerprint density at radius 3 is 2.83 bits per heavy atom. The lowest BCUT2D eigenvalue weighted by atomic mass is 10.2. The number of benzene rings is 1. The van der Waals surface area contributed by atoms with Crippen molar-refractivity contribution in [3.05, 3.63) is 46.6 Å². The summed E-state index contributed by atoms with van der Waals surface area (Å²) in [5, 5.41) is 5.01. The van der Waals surface area contributed by atoms with Crippen molar-refractivity contribution in [1.82, 2.24) is 9.97 Å². The largest absolute Gasteiger partial charge is 0.434 e. The topological polar surface area (TPSA) is 59.4 Å². The number of hydrogen-bond acceptors (Lipinski definition) is 6. The fraction of sp³-hybridized carbons (Fsp3) is 0.188. The molecule has 0 aliphatic heterocycles.